The topological polar surface area (TPSA) is 36.4 Å². The van der Waals surface area contributed by atoms with Gasteiger partial charge < -0.3 is 9.80 Å². The van der Waals surface area contributed by atoms with E-state index in [1.807, 2.05) is 6.07 Å². The second-order valence-electron chi connectivity index (χ2n) is 5.24. The minimum absolute atomic E-state index is 0.0507. The molecule has 0 saturated carbocycles. The van der Waals surface area contributed by atoms with Crippen molar-refractivity contribution >= 4 is 34.8 Å². The molecule has 0 aliphatic carbocycles. The van der Waals surface area contributed by atoms with Gasteiger partial charge in [0.15, 0.2) is 0 Å². The molecule has 0 spiro atoms. The van der Waals surface area contributed by atoms with Crippen molar-refractivity contribution in [1.82, 2.24) is 9.88 Å². The molecule has 120 valence electrons. The van der Waals surface area contributed by atoms with Crippen molar-refractivity contribution in [2.45, 2.75) is 0 Å². The maximum atomic E-state index is 13.9. The molecular weight excluding hydrogens is 340 g/mol. The summed E-state index contributed by atoms with van der Waals surface area (Å²) < 4.78 is 13.9. The zero-order valence-corrected chi connectivity index (χ0v) is 13.7. The fraction of sp³-hybridized carbons (Fsp3) is 0.250. The first-order valence-electron chi connectivity index (χ1n) is 7.15. The van der Waals surface area contributed by atoms with Gasteiger partial charge in [0.05, 0.1) is 5.56 Å². The van der Waals surface area contributed by atoms with E-state index in [9.17, 15) is 9.18 Å². The Morgan fingerprint density at radius 3 is 2.48 bits per heavy atom. The van der Waals surface area contributed by atoms with Gasteiger partial charge in [-0.05, 0) is 30.3 Å². The minimum atomic E-state index is -0.592. The Labute approximate surface area is 143 Å². The number of hydrogen-bond acceptors (Lipinski definition) is 3. The van der Waals surface area contributed by atoms with E-state index in [1.54, 1.807) is 17.2 Å². The third-order valence-corrected chi connectivity index (χ3v) is 4.25. The largest absolute Gasteiger partial charge is 0.368 e. The van der Waals surface area contributed by atoms with Crippen LogP contribution in [0.4, 0.5) is 10.1 Å². The van der Waals surface area contributed by atoms with Crippen LogP contribution in [0.15, 0.2) is 36.5 Å². The lowest BCUT2D eigenvalue weighted by Gasteiger charge is -2.36. The van der Waals surface area contributed by atoms with Crippen LogP contribution in [0.1, 0.15) is 10.4 Å². The summed E-state index contributed by atoms with van der Waals surface area (Å²) >= 11 is 11.6. The average molecular weight is 354 g/mol. The number of carbonyl (C=O) groups excluding carboxylic acids is 1. The SMILES string of the molecule is O=C(c1ccc(Cl)cc1F)N1CCN(c2ccnc(Cl)c2)CC1. The second kappa shape index (κ2) is 6.72. The van der Waals surface area contributed by atoms with E-state index < -0.39 is 5.82 Å². The van der Waals surface area contributed by atoms with Crippen molar-refractivity contribution in [1.29, 1.82) is 0 Å². The summed E-state index contributed by atoms with van der Waals surface area (Å²) in [7, 11) is 0. The van der Waals surface area contributed by atoms with Gasteiger partial charge in [0.2, 0.25) is 0 Å². The van der Waals surface area contributed by atoms with Crippen molar-refractivity contribution in [3.05, 3.63) is 58.1 Å². The Morgan fingerprint density at radius 2 is 1.83 bits per heavy atom. The number of halogens is 3. The summed E-state index contributed by atoms with van der Waals surface area (Å²) in [4.78, 5) is 20.1. The highest BCUT2D eigenvalue weighted by Gasteiger charge is 2.24. The summed E-state index contributed by atoms with van der Waals surface area (Å²) in [6.45, 7) is 2.34. The molecule has 1 saturated heterocycles. The summed E-state index contributed by atoms with van der Waals surface area (Å²) in [6, 6.07) is 7.77. The Kier molecular flexibility index (Phi) is 4.68. The van der Waals surface area contributed by atoms with E-state index in [2.05, 4.69) is 9.88 Å². The lowest BCUT2D eigenvalue weighted by Crippen LogP contribution is -2.49. The molecule has 0 unspecified atom stereocenters. The van der Waals surface area contributed by atoms with Crippen molar-refractivity contribution in [2.24, 2.45) is 0 Å². The first kappa shape index (κ1) is 16.0. The number of benzene rings is 1. The van der Waals surface area contributed by atoms with Crippen LogP contribution in [-0.2, 0) is 0 Å². The van der Waals surface area contributed by atoms with E-state index in [-0.39, 0.29) is 16.5 Å². The van der Waals surface area contributed by atoms with Crippen LogP contribution in [-0.4, -0.2) is 42.0 Å². The summed E-state index contributed by atoms with van der Waals surface area (Å²) in [6.07, 6.45) is 1.65. The van der Waals surface area contributed by atoms with Gasteiger partial charge in [-0.1, -0.05) is 23.2 Å². The molecule has 0 atom stereocenters. The number of pyridine rings is 1. The van der Waals surface area contributed by atoms with Crippen LogP contribution >= 0.6 is 23.2 Å². The zero-order chi connectivity index (χ0) is 16.4. The average Bonchev–Trinajstić information content (AvgIpc) is 2.54. The number of piperazine rings is 1. The van der Waals surface area contributed by atoms with Crippen molar-refractivity contribution in [3.8, 4) is 0 Å². The number of amides is 1. The van der Waals surface area contributed by atoms with Crippen molar-refractivity contribution in [3.63, 3.8) is 0 Å². The van der Waals surface area contributed by atoms with Crippen LogP contribution in [0, 0.1) is 5.82 Å². The predicted octanol–water partition coefficient (Wildman–Crippen LogP) is 3.49. The fourth-order valence-corrected chi connectivity index (χ4v) is 2.92. The first-order chi connectivity index (χ1) is 11.0. The van der Waals surface area contributed by atoms with Gasteiger partial charge in [-0.15, -0.1) is 0 Å². The van der Waals surface area contributed by atoms with Crippen LogP contribution in [0.2, 0.25) is 10.2 Å². The molecule has 1 aliphatic rings. The Morgan fingerprint density at radius 1 is 1.09 bits per heavy atom. The van der Waals surface area contributed by atoms with Gasteiger partial charge in [-0.2, -0.15) is 0 Å². The van der Waals surface area contributed by atoms with E-state index in [0.717, 1.165) is 11.8 Å². The number of hydrogen-bond donors (Lipinski definition) is 0. The number of nitrogens with zero attached hydrogens (tertiary/aromatic N) is 3. The highest BCUT2D eigenvalue weighted by molar-refractivity contribution is 6.30. The van der Waals surface area contributed by atoms with Crippen LogP contribution in [0.25, 0.3) is 0 Å². The van der Waals surface area contributed by atoms with Gasteiger partial charge in [0.1, 0.15) is 11.0 Å². The molecule has 0 radical (unpaired) electrons. The van der Waals surface area contributed by atoms with Crippen molar-refractivity contribution < 1.29 is 9.18 Å². The van der Waals surface area contributed by atoms with E-state index in [4.69, 9.17) is 23.2 Å². The molecule has 0 N–H and O–H groups in total. The monoisotopic (exact) mass is 353 g/mol. The molecular formula is C16H14Cl2FN3O. The summed E-state index contributed by atoms with van der Waals surface area (Å²) in [5, 5.41) is 0.711. The molecule has 1 amide bonds. The van der Waals surface area contributed by atoms with Crippen LogP contribution < -0.4 is 4.90 Å². The minimum Gasteiger partial charge on any atom is -0.368 e. The van der Waals surface area contributed by atoms with E-state index in [1.165, 1.54) is 12.1 Å². The molecule has 7 heteroatoms. The van der Waals surface area contributed by atoms with Crippen LogP contribution in [0.3, 0.4) is 0 Å². The quantitative estimate of drug-likeness (QED) is 0.775. The van der Waals surface area contributed by atoms with Crippen molar-refractivity contribution in [2.75, 3.05) is 31.1 Å². The number of rotatable bonds is 2. The Balaban J connectivity index is 1.68. The molecule has 2 aromatic rings. The second-order valence-corrected chi connectivity index (χ2v) is 6.06. The Bertz CT molecular complexity index is 733. The normalized spacial score (nSPS) is 14.9. The lowest BCUT2D eigenvalue weighted by atomic mass is 10.1. The zero-order valence-electron chi connectivity index (χ0n) is 12.2. The number of carbonyl (C=O) groups is 1. The van der Waals surface area contributed by atoms with E-state index in [0.29, 0.717) is 31.3 Å². The van der Waals surface area contributed by atoms with Gasteiger partial charge in [-0.25, -0.2) is 9.37 Å². The standard InChI is InChI=1S/C16H14Cl2FN3O/c17-11-1-2-13(14(19)9-11)16(23)22-7-5-21(6-8-22)12-3-4-20-15(18)10-12/h1-4,9-10H,5-8H2. The Hall–Kier alpha value is -1.85. The molecule has 4 nitrogen and oxygen atoms in total. The smallest absolute Gasteiger partial charge is 0.256 e. The van der Waals surface area contributed by atoms with Gasteiger partial charge >= 0.3 is 0 Å². The number of anilines is 1. The fourth-order valence-electron chi connectivity index (χ4n) is 2.59. The van der Waals surface area contributed by atoms with E-state index >= 15 is 0 Å². The van der Waals surface area contributed by atoms with Gasteiger partial charge in [0.25, 0.3) is 5.91 Å². The molecule has 1 aliphatic heterocycles. The maximum Gasteiger partial charge on any atom is 0.256 e. The molecule has 1 fully saturated rings. The third-order valence-electron chi connectivity index (χ3n) is 3.80. The third kappa shape index (κ3) is 3.57. The molecule has 1 aromatic heterocycles. The predicted molar refractivity (Wildman–Crippen MR) is 88.8 cm³/mol. The summed E-state index contributed by atoms with van der Waals surface area (Å²) in [5.41, 5.74) is 1.02. The lowest BCUT2D eigenvalue weighted by molar-refractivity contribution is 0.0742. The molecule has 2 heterocycles. The molecule has 0 bridgehead atoms. The molecule has 3 rings (SSSR count). The highest BCUT2D eigenvalue weighted by atomic mass is 35.5. The number of aromatic nitrogens is 1. The summed E-state index contributed by atoms with van der Waals surface area (Å²) in [5.74, 6) is -0.905. The van der Waals surface area contributed by atoms with Crippen LogP contribution in [0.5, 0.6) is 0 Å². The van der Waals surface area contributed by atoms with Gasteiger partial charge in [0, 0.05) is 43.1 Å². The first-order valence-corrected chi connectivity index (χ1v) is 7.91. The highest BCUT2D eigenvalue weighted by Crippen LogP contribution is 2.21. The maximum absolute atomic E-state index is 13.9. The van der Waals surface area contributed by atoms with Gasteiger partial charge in [-0.3, -0.25) is 4.79 Å². The molecule has 1 aromatic carbocycles. The molecule has 23 heavy (non-hydrogen) atoms.